The first kappa shape index (κ1) is 10.0. The van der Waals surface area contributed by atoms with Crippen LogP contribution in [0.3, 0.4) is 0 Å². The van der Waals surface area contributed by atoms with Crippen LogP contribution in [0.1, 0.15) is 5.69 Å². The van der Waals surface area contributed by atoms with E-state index in [-0.39, 0.29) is 0 Å². The lowest BCUT2D eigenvalue weighted by atomic mass is 10.1. The van der Waals surface area contributed by atoms with Gasteiger partial charge in [-0.2, -0.15) is 0 Å². The molecule has 0 unspecified atom stereocenters. The van der Waals surface area contributed by atoms with Gasteiger partial charge in [-0.25, -0.2) is 4.98 Å². The van der Waals surface area contributed by atoms with Crippen molar-refractivity contribution in [3.63, 3.8) is 0 Å². The number of hydrogen-bond donors (Lipinski definition) is 2. The first-order valence-electron chi connectivity index (χ1n) is 6.67. The fourth-order valence-corrected chi connectivity index (χ4v) is 3.13. The van der Waals surface area contributed by atoms with E-state index in [0.29, 0.717) is 0 Å². The fourth-order valence-electron chi connectivity index (χ4n) is 3.13. The first-order valence-corrected chi connectivity index (χ1v) is 6.67. The Hall–Kier alpha value is -2.81. The van der Waals surface area contributed by atoms with Crippen LogP contribution in [0, 0.1) is 10.7 Å². The van der Waals surface area contributed by atoms with E-state index in [9.17, 15) is 0 Å². The quantitative estimate of drug-likeness (QED) is 0.508. The van der Waals surface area contributed by atoms with Crippen molar-refractivity contribution in [2.75, 3.05) is 0 Å². The minimum absolute atomic E-state index is 0.979. The molecule has 5 rings (SSSR count). The molecule has 0 radical (unpaired) electrons. The maximum Gasteiger partial charge on any atom is 0.0957 e. The van der Waals surface area contributed by atoms with Gasteiger partial charge in [-0.3, -0.25) is 0 Å². The zero-order chi connectivity index (χ0) is 13.1. The van der Waals surface area contributed by atoms with Crippen molar-refractivity contribution >= 4 is 33.8 Å². The summed E-state index contributed by atoms with van der Waals surface area (Å²) in [4.78, 5) is 8.36. The van der Waals surface area contributed by atoms with Crippen LogP contribution < -0.4 is 10.7 Å². The van der Waals surface area contributed by atoms with Gasteiger partial charge in [0.2, 0.25) is 0 Å². The molecule has 3 aliphatic rings. The number of aromatic amines is 1. The molecule has 0 bridgehead atoms. The minimum Gasteiger partial charge on any atom is -0.366 e. The molecule has 0 amide bonds. The van der Waals surface area contributed by atoms with Crippen molar-refractivity contribution in [3.8, 4) is 0 Å². The highest BCUT2D eigenvalue weighted by Crippen LogP contribution is 2.29. The van der Waals surface area contributed by atoms with Gasteiger partial charge in [0.1, 0.15) is 0 Å². The molecule has 20 heavy (non-hydrogen) atoms. The van der Waals surface area contributed by atoms with Crippen LogP contribution >= 0.6 is 0 Å². The van der Waals surface area contributed by atoms with E-state index in [1.54, 1.807) is 0 Å². The molecule has 2 aromatic carbocycles. The van der Waals surface area contributed by atoms with E-state index in [1.807, 2.05) is 18.5 Å². The van der Waals surface area contributed by atoms with Crippen molar-refractivity contribution in [3.05, 3.63) is 64.3 Å². The first-order chi connectivity index (χ1) is 9.92. The van der Waals surface area contributed by atoms with Crippen molar-refractivity contribution in [1.29, 1.82) is 0 Å². The van der Waals surface area contributed by atoms with Crippen LogP contribution in [0.4, 0.5) is 0 Å². The summed E-state index contributed by atoms with van der Waals surface area (Å²) in [5, 5.41) is 11.3. The Morgan fingerprint density at radius 3 is 2.70 bits per heavy atom. The summed E-state index contributed by atoms with van der Waals surface area (Å²) in [6.45, 7) is 0. The number of benzene rings is 2. The summed E-state index contributed by atoms with van der Waals surface area (Å²) >= 11 is 0. The molecule has 0 aromatic heterocycles. The van der Waals surface area contributed by atoms with Gasteiger partial charge in [0.25, 0.3) is 0 Å². The lowest BCUT2D eigenvalue weighted by Gasteiger charge is -2.02. The monoisotopic (exact) mass is 257 g/mol. The summed E-state index contributed by atoms with van der Waals surface area (Å²) < 4.78 is 0. The average Bonchev–Trinajstić information content (AvgIpc) is 2.82. The summed E-state index contributed by atoms with van der Waals surface area (Å²) in [6.07, 6.45) is 5.85. The third-order valence-corrected chi connectivity index (χ3v) is 4.00. The molecule has 2 heterocycles. The fraction of sp³-hybridized carbons (Fsp3) is 0. The highest BCUT2D eigenvalue weighted by atomic mass is 14.9. The third kappa shape index (κ3) is 1.12. The number of hydrogen-bond acceptors (Lipinski definition) is 2. The van der Waals surface area contributed by atoms with E-state index in [2.05, 4.69) is 46.7 Å². The average molecular weight is 257 g/mol. The molecule has 0 spiro atoms. The number of fused-ring (bicyclic) bond motifs is 3. The van der Waals surface area contributed by atoms with E-state index in [0.717, 1.165) is 21.7 Å². The predicted molar refractivity (Wildman–Crippen MR) is 80.8 cm³/mol. The second-order valence-corrected chi connectivity index (χ2v) is 5.11. The van der Waals surface area contributed by atoms with Crippen molar-refractivity contribution in [2.45, 2.75) is 0 Å². The Morgan fingerprint density at radius 2 is 1.80 bits per heavy atom. The van der Waals surface area contributed by atoms with Gasteiger partial charge in [0, 0.05) is 28.6 Å². The largest absolute Gasteiger partial charge is 0.366 e. The van der Waals surface area contributed by atoms with Crippen LogP contribution in [-0.4, -0.2) is 9.97 Å². The number of aromatic nitrogens is 2. The summed E-state index contributed by atoms with van der Waals surface area (Å²) in [6, 6.07) is 12.8. The second kappa shape index (κ2) is 3.39. The SMILES string of the molecule is C1=Cc2nc3c4cccc5cccc(c=3[nH]c2=CN1)c54. The molecule has 94 valence electrons. The summed E-state index contributed by atoms with van der Waals surface area (Å²) in [7, 11) is 0. The number of nitrogens with zero attached hydrogens (tertiary/aromatic N) is 1. The molecule has 2 aliphatic heterocycles. The lowest BCUT2D eigenvalue weighted by molar-refractivity contribution is 1.05. The van der Waals surface area contributed by atoms with E-state index >= 15 is 0 Å². The lowest BCUT2D eigenvalue weighted by Crippen LogP contribution is -2.20. The number of nitrogens with one attached hydrogen (secondary N) is 2. The van der Waals surface area contributed by atoms with E-state index < -0.39 is 0 Å². The van der Waals surface area contributed by atoms with Crippen molar-refractivity contribution < 1.29 is 0 Å². The van der Waals surface area contributed by atoms with Gasteiger partial charge in [-0.1, -0.05) is 36.4 Å². The van der Waals surface area contributed by atoms with Crippen LogP contribution in [0.5, 0.6) is 0 Å². The predicted octanol–water partition coefficient (Wildman–Crippen LogP) is 2.47. The van der Waals surface area contributed by atoms with Crippen LogP contribution in [-0.2, 0) is 0 Å². The van der Waals surface area contributed by atoms with Crippen LogP contribution in [0.25, 0.3) is 33.8 Å². The minimum atomic E-state index is 0.979. The summed E-state index contributed by atoms with van der Waals surface area (Å²) in [5.41, 5.74) is 0.979. The number of rotatable bonds is 0. The zero-order valence-electron chi connectivity index (χ0n) is 10.6. The van der Waals surface area contributed by atoms with Gasteiger partial charge in [0.05, 0.1) is 21.7 Å². The van der Waals surface area contributed by atoms with Crippen LogP contribution in [0.2, 0.25) is 0 Å². The van der Waals surface area contributed by atoms with Gasteiger partial charge in [-0.15, -0.1) is 0 Å². The van der Waals surface area contributed by atoms with Crippen molar-refractivity contribution in [2.24, 2.45) is 0 Å². The Balaban J connectivity index is 2.18. The molecular weight excluding hydrogens is 246 g/mol. The smallest absolute Gasteiger partial charge is 0.0957 e. The molecule has 0 fully saturated rings. The van der Waals surface area contributed by atoms with Crippen molar-refractivity contribution in [1.82, 2.24) is 15.3 Å². The molecule has 0 saturated carbocycles. The van der Waals surface area contributed by atoms with Gasteiger partial charge in [-0.05, 0) is 11.5 Å². The Kier molecular flexibility index (Phi) is 1.70. The molecule has 3 nitrogen and oxygen atoms in total. The Bertz CT molecular complexity index is 1110. The molecule has 0 saturated heterocycles. The second-order valence-electron chi connectivity index (χ2n) is 5.11. The van der Waals surface area contributed by atoms with Gasteiger partial charge < -0.3 is 10.3 Å². The van der Waals surface area contributed by atoms with Crippen LogP contribution in [0.15, 0.2) is 42.6 Å². The molecule has 2 aromatic rings. The standard InChI is InChI=1S/C17H11N3/c1-3-10-4-2-6-12-15(10)11(5-1)16-17(12)20-14-9-18-8-7-13(14)19-16/h1-9,18,20H. The molecule has 0 atom stereocenters. The molecule has 1 aliphatic carbocycles. The maximum atomic E-state index is 4.84. The highest BCUT2D eigenvalue weighted by Gasteiger charge is 2.11. The summed E-state index contributed by atoms with van der Waals surface area (Å²) in [5.74, 6) is 0. The number of H-pyrrole nitrogens is 1. The Morgan fingerprint density at radius 1 is 0.950 bits per heavy atom. The van der Waals surface area contributed by atoms with Gasteiger partial charge >= 0.3 is 0 Å². The third-order valence-electron chi connectivity index (χ3n) is 4.00. The topological polar surface area (TPSA) is 40.7 Å². The van der Waals surface area contributed by atoms with Gasteiger partial charge in [0.15, 0.2) is 0 Å². The van der Waals surface area contributed by atoms with E-state index in [4.69, 9.17) is 4.98 Å². The highest BCUT2D eigenvalue weighted by molar-refractivity contribution is 6.11. The zero-order valence-corrected chi connectivity index (χ0v) is 10.6. The molecular formula is C17H11N3. The molecule has 3 heteroatoms. The van der Waals surface area contributed by atoms with E-state index in [1.165, 1.54) is 21.5 Å². The molecule has 2 N–H and O–H groups in total. The Labute approximate surface area is 114 Å². The normalized spacial score (nSPS) is 13.6. The maximum absolute atomic E-state index is 4.84.